The molecule has 1 aliphatic heterocycles. The second-order valence-corrected chi connectivity index (χ2v) is 8.43. The SMILES string of the molecule is Cc1cc(NC(=O)[C@H](C)N2C(=O)[C@H]3[C@H](C2=O)[C@H]2C=C[C@H]3C2)cc(C)c1Br. The summed E-state index contributed by atoms with van der Waals surface area (Å²) in [5.41, 5.74) is 2.69. The van der Waals surface area contributed by atoms with Crippen LogP contribution in [0, 0.1) is 37.5 Å². The van der Waals surface area contributed by atoms with Gasteiger partial charge in [0.15, 0.2) is 0 Å². The summed E-state index contributed by atoms with van der Waals surface area (Å²) in [5.74, 6) is -0.967. The van der Waals surface area contributed by atoms with Crippen LogP contribution in [-0.2, 0) is 14.4 Å². The number of nitrogens with one attached hydrogen (secondary N) is 1. The maximum atomic E-state index is 12.8. The monoisotopic (exact) mass is 416 g/mol. The fourth-order valence-electron chi connectivity index (χ4n) is 4.69. The summed E-state index contributed by atoms with van der Waals surface area (Å²) in [5, 5.41) is 2.85. The number of aryl methyl sites for hydroxylation is 2. The summed E-state index contributed by atoms with van der Waals surface area (Å²) in [6.45, 7) is 5.53. The zero-order valence-corrected chi connectivity index (χ0v) is 16.5. The van der Waals surface area contributed by atoms with Gasteiger partial charge in [0, 0.05) is 10.2 Å². The third-order valence-electron chi connectivity index (χ3n) is 5.98. The average molecular weight is 417 g/mol. The second-order valence-electron chi connectivity index (χ2n) is 7.64. The van der Waals surface area contributed by atoms with Crippen molar-refractivity contribution in [1.82, 2.24) is 4.90 Å². The molecule has 1 saturated heterocycles. The van der Waals surface area contributed by atoms with Crippen molar-refractivity contribution in [2.24, 2.45) is 23.7 Å². The first kappa shape index (κ1) is 17.5. The van der Waals surface area contributed by atoms with Gasteiger partial charge in [-0.15, -0.1) is 0 Å². The molecule has 5 atom stereocenters. The number of nitrogens with zero attached hydrogens (tertiary/aromatic N) is 1. The Morgan fingerprint density at radius 2 is 1.62 bits per heavy atom. The lowest BCUT2D eigenvalue weighted by atomic mass is 9.85. The predicted octanol–water partition coefficient (Wildman–Crippen LogP) is 3.20. The van der Waals surface area contributed by atoms with Gasteiger partial charge in [0.25, 0.3) is 0 Å². The van der Waals surface area contributed by atoms with Crippen LogP contribution in [0.3, 0.4) is 0 Å². The first-order chi connectivity index (χ1) is 12.3. The van der Waals surface area contributed by atoms with E-state index in [4.69, 9.17) is 0 Å². The van der Waals surface area contributed by atoms with E-state index in [1.165, 1.54) is 4.90 Å². The third kappa shape index (κ3) is 2.46. The number of benzene rings is 1. The quantitative estimate of drug-likeness (QED) is 0.607. The van der Waals surface area contributed by atoms with Crippen molar-refractivity contribution in [3.05, 3.63) is 39.9 Å². The Hall–Kier alpha value is -1.95. The van der Waals surface area contributed by atoms with Crippen molar-refractivity contribution in [1.29, 1.82) is 0 Å². The van der Waals surface area contributed by atoms with E-state index in [9.17, 15) is 14.4 Å². The number of imide groups is 1. The van der Waals surface area contributed by atoms with Gasteiger partial charge >= 0.3 is 0 Å². The Bertz CT molecular complexity index is 810. The van der Waals surface area contributed by atoms with Crippen molar-refractivity contribution in [3.63, 3.8) is 0 Å². The van der Waals surface area contributed by atoms with Gasteiger partial charge in [0.05, 0.1) is 11.8 Å². The van der Waals surface area contributed by atoms with Crippen LogP contribution in [0.15, 0.2) is 28.8 Å². The number of hydrogen-bond acceptors (Lipinski definition) is 3. The lowest BCUT2D eigenvalue weighted by Crippen LogP contribution is -2.46. The maximum Gasteiger partial charge on any atom is 0.247 e. The molecular weight excluding hydrogens is 396 g/mol. The summed E-state index contributed by atoms with van der Waals surface area (Å²) >= 11 is 3.51. The number of carbonyl (C=O) groups is 3. The van der Waals surface area contributed by atoms with E-state index in [1.807, 2.05) is 26.0 Å². The molecule has 0 radical (unpaired) electrons. The summed E-state index contributed by atoms with van der Waals surface area (Å²) in [6.07, 6.45) is 5.00. The number of hydrogen-bond donors (Lipinski definition) is 1. The van der Waals surface area contributed by atoms with Crippen LogP contribution in [-0.4, -0.2) is 28.7 Å². The molecule has 1 heterocycles. The molecule has 26 heavy (non-hydrogen) atoms. The molecule has 2 aliphatic carbocycles. The van der Waals surface area contributed by atoms with Crippen LogP contribution in [0.4, 0.5) is 5.69 Å². The van der Waals surface area contributed by atoms with Crippen LogP contribution in [0.25, 0.3) is 0 Å². The largest absolute Gasteiger partial charge is 0.324 e. The molecule has 136 valence electrons. The van der Waals surface area contributed by atoms with Gasteiger partial charge in [-0.1, -0.05) is 28.1 Å². The smallest absolute Gasteiger partial charge is 0.247 e. The topological polar surface area (TPSA) is 66.5 Å². The minimum Gasteiger partial charge on any atom is -0.324 e. The van der Waals surface area contributed by atoms with E-state index in [2.05, 4.69) is 33.4 Å². The molecular formula is C20H21BrN2O3. The van der Waals surface area contributed by atoms with Gasteiger partial charge in [-0.2, -0.15) is 0 Å². The molecule has 3 aliphatic rings. The highest BCUT2D eigenvalue weighted by Gasteiger charge is 2.60. The van der Waals surface area contributed by atoms with Gasteiger partial charge in [-0.3, -0.25) is 19.3 Å². The summed E-state index contributed by atoms with van der Waals surface area (Å²) in [6, 6.07) is 2.92. The summed E-state index contributed by atoms with van der Waals surface area (Å²) in [4.78, 5) is 39.5. The van der Waals surface area contributed by atoms with Crippen molar-refractivity contribution < 1.29 is 14.4 Å². The summed E-state index contributed by atoms with van der Waals surface area (Å²) < 4.78 is 1.00. The molecule has 1 aromatic carbocycles. The number of carbonyl (C=O) groups excluding carboxylic acids is 3. The van der Waals surface area contributed by atoms with Crippen molar-refractivity contribution in [2.45, 2.75) is 33.2 Å². The number of allylic oxidation sites excluding steroid dienone is 2. The summed E-state index contributed by atoms with van der Waals surface area (Å²) in [7, 11) is 0. The molecule has 4 rings (SSSR count). The molecule has 2 bridgehead atoms. The predicted molar refractivity (Wildman–Crippen MR) is 101 cm³/mol. The molecule has 2 fully saturated rings. The fourth-order valence-corrected chi connectivity index (χ4v) is 4.92. The van der Waals surface area contributed by atoms with E-state index >= 15 is 0 Å². The van der Waals surface area contributed by atoms with Crippen LogP contribution >= 0.6 is 15.9 Å². The number of likely N-dealkylation sites (tertiary alicyclic amines) is 1. The van der Waals surface area contributed by atoms with Gasteiger partial charge < -0.3 is 5.32 Å². The third-order valence-corrected chi connectivity index (χ3v) is 7.23. The zero-order chi connectivity index (χ0) is 18.7. The molecule has 6 heteroatoms. The van der Waals surface area contributed by atoms with Gasteiger partial charge in [0.1, 0.15) is 6.04 Å². The first-order valence-corrected chi connectivity index (χ1v) is 9.71. The number of halogens is 1. The van der Waals surface area contributed by atoms with Crippen LogP contribution in [0.1, 0.15) is 24.5 Å². The Morgan fingerprint density at radius 1 is 1.12 bits per heavy atom. The lowest BCUT2D eigenvalue weighted by Gasteiger charge is -2.24. The van der Waals surface area contributed by atoms with E-state index < -0.39 is 6.04 Å². The number of amides is 3. The standard InChI is InChI=1S/C20H21BrN2O3/c1-9-6-14(7-10(2)17(9)21)22-18(24)11(3)23-19(25)15-12-4-5-13(8-12)16(15)20(23)26/h4-7,11-13,15-16H,8H2,1-3H3,(H,22,24)/t11-,12-,13-,15+,16+/m0/s1. The number of fused-ring (bicyclic) bond motifs is 5. The van der Waals surface area contributed by atoms with E-state index in [0.717, 1.165) is 22.0 Å². The van der Waals surface area contributed by atoms with Gasteiger partial charge in [-0.05, 0) is 62.3 Å². The second kappa shape index (κ2) is 6.05. The first-order valence-electron chi connectivity index (χ1n) is 8.92. The highest BCUT2D eigenvalue weighted by molar-refractivity contribution is 9.10. The minimum atomic E-state index is -0.816. The van der Waals surface area contributed by atoms with Crippen LogP contribution in [0.5, 0.6) is 0 Å². The molecule has 3 amide bonds. The highest BCUT2D eigenvalue weighted by Crippen LogP contribution is 2.52. The molecule has 5 nitrogen and oxygen atoms in total. The Morgan fingerprint density at radius 3 is 2.12 bits per heavy atom. The normalized spacial score (nSPS) is 30.1. The molecule has 1 aromatic rings. The number of rotatable bonds is 3. The van der Waals surface area contributed by atoms with Crippen LogP contribution in [0.2, 0.25) is 0 Å². The minimum absolute atomic E-state index is 0.151. The van der Waals surface area contributed by atoms with E-state index in [0.29, 0.717) is 5.69 Å². The molecule has 0 spiro atoms. The lowest BCUT2D eigenvalue weighted by molar-refractivity contribution is -0.146. The number of anilines is 1. The molecule has 0 unspecified atom stereocenters. The Kier molecular flexibility index (Phi) is 4.06. The molecule has 1 N–H and O–H groups in total. The van der Waals surface area contributed by atoms with Crippen LogP contribution < -0.4 is 5.32 Å². The zero-order valence-electron chi connectivity index (χ0n) is 15.0. The average Bonchev–Trinajstić information content (AvgIpc) is 3.26. The Labute approximate surface area is 160 Å². The maximum absolute atomic E-state index is 12.8. The Balaban J connectivity index is 1.53. The van der Waals surface area contributed by atoms with E-state index in [1.54, 1.807) is 6.92 Å². The highest BCUT2D eigenvalue weighted by atomic mass is 79.9. The van der Waals surface area contributed by atoms with Gasteiger partial charge in [0.2, 0.25) is 17.7 Å². The van der Waals surface area contributed by atoms with Crippen molar-refractivity contribution >= 4 is 39.3 Å². The molecule has 0 aromatic heterocycles. The van der Waals surface area contributed by atoms with Gasteiger partial charge in [-0.25, -0.2) is 0 Å². The van der Waals surface area contributed by atoms with Crippen molar-refractivity contribution in [2.75, 3.05) is 5.32 Å². The molecule has 1 saturated carbocycles. The fraction of sp³-hybridized carbons (Fsp3) is 0.450. The van der Waals surface area contributed by atoms with Crippen molar-refractivity contribution in [3.8, 4) is 0 Å². The van der Waals surface area contributed by atoms with E-state index in [-0.39, 0.29) is 41.4 Å².